The van der Waals surface area contributed by atoms with E-state index >= 15 is 0 Å². The van der Waals surface area contributed by atoms with Crippen LogP contribution in [0.15, 0.2) is 18.2 Å². The van der Waals surface area contributed by atoms with Crippen LogP contribution >= 0.6 is 0 Å². The van der Waals surface area contributed by atoms with E-state index in [9.17, 15) is 13.9 Å². The summed E-state index contributed by atoms with van der Waals surface area (Å²) in [4.78, 5) is 0. The van der Waals surface area contributed by atoms with Gasteiger partial charge in [-0.2, -0.15) is 0 Å². The van der Waals surface area contributed by atoms with Gasteiger partial charge in [-0.3, -0.25) is 0 Å². The van der Waals surface area contributed by atoms with Crippen molar-refractivity contribution in [3.8, 4) is 0 Å². The fourth-order valence-corrected chi connectivity index (χ4v) is 3.93. The third kappa shape index (κ3) is 2.40. The number of hydrogen-bond acceptors (Lipinski definition) is 1. The topological polar surface area (TPSA) is 20.2 Å². The third-order valence-electron chi connectivity index (χ3n) is 5.20. The van der Waals surface area contributed by atoms with Crippen molar-refractivity contribution < 1.29 is 13.9 Å². The van der Waals surface area contributed by atoms with Gasteiger partial charge in [-0.15, -0.1) is 0 Å². The molecule has 1 aromatic rings. The zero-order valence-electron chi connectivity index (χ0n) is 11.1. The fraction of sp³-hybridized carbons (Fsp3) is 0.625. The molecule has 2 saturated carbocycles. The normalized spacial score (nSPS) is 24.8. The first kappa shape index (κ1) is 13.0. The van der Waals surface area contributed by atoms with Crippen LogP contribution in [0.5, 0.6) is 0 Å². The summed E-state index contributed by atoms with van der Waals surface area (Å²) in [6.07, 6.45) is 8.26. The Kier molecular flexibility index (Phi) is 3.12. The molecule has 0 saturated heterocycles. The Bertz CT molecular complexity index is 447. The molecule has 0 heterocycles. The van der Waals surface area contributed by atoms with Crippen LogP contribution in [0.3, 0.4) is 0 Å². The van der Waals surface area contributed by atoms with Gasteiger partial charge in [-0.1, -0.05) is 12.8 Å². The van der Waals surface area contributed by atoms with E-state index in [2.05, 4.69) is 0 Å². The van der Waals surface area contributed by atoms with Crippen molar-refractivity contribution >= 4 is 0 Å². The summed E-state index contributed by atoms with van der Waals surface area (Å²) < 4.78 is 26.6. The number of halogens is 2. The minimum absolute atomic E-state index is 0.401. The molecule has 1 N–H and O–H groups in total. The van der Waals surface area contributed by atoms with Gasteiger partial charge < -0.3 is 5.11 Å². The quantitative estimate of drug-likeness (QED) is 0.804. The maximum Gasteiger partial charge on any atom is 0.126 e. The summed E-state index contributed by atoms with van der Waals surface area (Å²) in [6.45, 7) is 0. The second-order valence-corrected chi connectivity index (χ2v) is 6.40. The highest BCUT2D eigenvalue weighted by molar-refractivity contribution is 5.25. The lowest BCUT2D eigenvalue weighted by Crippen LogP contribution is -2.36. The fourth-order valence-electron chi connectivity index (χ4n) is 3.93. The number of benzene rings is 1. The molecule has 0 bridgehead atoms. The highest BCUT2D eigenvalue weighted by atomic mass is 19.1. The Balaban J connectivity index is 1.81. The predicted octanol–water partition coefficient (Wildman–Crippen LogP) is 4.29. The smallest absolute Gasteiger partial charge is 0.126 e. The van der Waals surface area contributed by atoms with Crippen LogP contribution in [-0.2, 0) is 5.60 Å². The molecule has 2 aliphatic rings. The maximum absolute atomic E-state index is 13.3. The molecule has 1 nitrogen and oxygen atoms in total. The van der Waals surface area contributed by atoms with Crippen molar-refractivity contribution in [3.05, 3.63) is 35.4 Å². The summed E-state index contributed by atoms with van der Waals surface area (Å²) in [6, 6.07) is 3.40. The lowest BCUT2D eigenvalue weighted by molar-refractivity contribution is -0.0380. The standard InChI is InChI=1S/C16H20F2O/c17-13-9-12(10-14(18)11-13)16(19)7-5-15(6-8-16)3-1-2-4-15/h9-11,19H,1-8H2. The van der Waals surface area contributed by atoms with Crippen LogP contribution in [0.2, 0.25) is 0 Å². The Morgan fingerprint density at radius 2 is 1.32 bits per heavy atom. The lowest BCUT2D eigenvalue weighted by atomic mass is 9.66. The summed E-state index contributed by atoms with van der Waals surface area (Å²) in [5.74, 6) is -1.21. The second kappa shape index (κ2) is 4.55. The molecule has 3 rings (SSSR count). The summed E-state index contributed by atoms with van der Waals surface area (Å²) in [7, 11) is 0. The Hall–Kier alpha value is -0.960. The summed E-state index contributed by atoms with van der Waals surface area (Å²) in [5, 5.41) is 10.7. The van der Waals surface area contributed by atoms with Crippen molar-refractivity contribution in [2.45, 2.75) is 57.0 Å². The Morgan fingerprint density at radius 1 is 0.789 bits per heavy atom. The van der Waals surface area contributed by atoms with Crippen LogP contribution in [0.1, 0.15) is 56.9 Å². The van der Waals surface area contributed by atoms with E-state index in [4.69, 9.17) is 0 Å². The van der Waals surface area contributed by atoms with Crippen LogP contribution in [0.25, 0.3) is 0 Å². The zero-order valence-corrected chi connectivity index (χ0v) is 11.1. The Labute approximate surface area is 112 Å². The molecule has 3 heteroatoms. The second-order valence-electron chi connectivity index (χ2n) is 6.40. The van der Waals surface area contributed by atoms with Crippen LogP contribution in [-0.4, -0.2) is 5.11 Å². The molecule has 0 aromatic heterocycles. The summed E-state index contributed by atoms with van der Waals surface area (Å²) >= 11 is 0. The van der Waals surface area contributed by atoms with Gasteiger partial charge >= 0.3 is 0 Å². The van der Waals surface area contributed by atoms with Crippen molar-refractivity contribution in [3.63, 3.8) is 0 Å². The first-order chi connectivity index (χ1) is 9.01. The number of hydrogen-bond donors (Lipinski definition) is 1. The summed E-state index contributed by atoms with van der Waals surface area (Å²) in [5.41, 5.74) is -0.243. The molecular weight excluding hydrogens is 246 g/mol. The van der Waals surface area contributed by atoms with Crippen molar-refractivity contribution in [1.29, 1.82) is 0 Å². The number of aliphatic hydroxyl groups is 1. The van der Waals surface area contributed by atoms with Gasteiger partial charge in [0.2, 0.25) is 0 Å². The third-order valence-corrected chi connectivity index (χ3v) is 5.20. The molecule has 2 fully saturated rings. The zero-order chi connectivity index (χ0) is 13.5. The minimum atomic E-state index is -1.04. The lowest BCUT2D eigenvalue weighted by Gasteiger charge is -2.42. The minimum Gasteiger partial charge on any atom is -0.385 e. The van der Waals surface area contributed by atoms with Gasteiger partial charge in [0.15, 0.2) is 0 Å². The van der Waals surface area contributed by atoms with Crippen molar-refractivity contribution in [2.24, 2.45) is 5.41 Å². The average molecular weight is 266 g/mol. The molecule has 0 radical (unpaired) electrons. The Morgan fingerprint density at radius 3 is 1.84 bits per heavy atom. The van der Waals surface area contributed by atoms with E-state index in [1.807, 2.05) is 0 Å². The van der Waals surface area contributed by atoms with Gasteiger partial charge in [-0.05, 0) is 61.6 Å². The maximum atomic E-state index is 13.3. The molecule has 0 atom stereocenters. The van der Waals surface area contributed by atoms with Crippen LogP contribution in [0, 0.1) is 17.0 Å². The van der Waals surface area contributed by atoms with E-state index in [1.54, 1.807) is 0 Å². The molecule has 2 aliphatic carbocycles. The van der Waals surface area contributed by atoms with Gasteiger partial charge in [0.25, 0.3) is 0 Å². The van der Waals surface area contributed by atoms with Gasteiger partial charge in [0.05, 0.1) is 5.60 Å². The molecule has 0 unspecified atom stereocenters. The van der Waals surface area contributed by atoms with E-state index < -0.39 is 17.2 Å². The first-order valence-corrected chi connectivity index (χ1v) is 7.20. The molecule has 0 amide bonds. The molecule has 19 heavy (non-hydrogen) atoms. The van der Waals surface area contributed by atoms with Crippen LogP contribution < -0.4 is 0 Å². The monoisotopic (exact) mass is 266 g/mol. The average Bonchev–Trinajstić information content (AvgIpc) is 2.81. The molecule has 104 valence electrons. The van der Waals surface area contributed by atoms with E-state index in [0.717, 1.165) is 18.9 Å². The van der Waals surface area contributed by atoms with E-state index in [-0.39, 0.29) is 0 Å². The van der Waals surface area contributed by atoms with E-state index in [0.29, 0.717) is 23.8 Å². The van der Waals surface area contributed by atoms with Crippen LogP contribution in [0.4, 0.5) is 8.78 Å². The highest BCUT2D eigenvalue weighted by Gasteiger charge is 2.43. The molecular formula is C16H20F2O. The molecule has 1 spiro atoms. The highest BCUT2D eigenvalue weighted by Crippen LogP contribution is 2.53. The van der Waals surface area contributed by atoms with Crippen molar-refractivity contribution in [1.82, 2.24) is 0 Å². The van der Waals surface area contributed by atoms with E-state index in [1.165, 1.54) is 37.8 Å². The van der Waals surface area contributed by atoms with Gasteiger partial charge in [0, 0.05) is 6.07 Å². The van der Waals surface area contributed by atoms with Gasteiger partial charge in [0.1, 0.15) is 11.6 Å². The molecule has 1 aromatic carbocycles. The van der Waals surface area contributed by atoms with Crippen molar-refractivity contribution in [2.75, 3.05) is 0 Å². The predicted molar refractivity (Wildman–Crippen MR) is 69.6 cm³/mol. The SMILES string of the molecule is OC1(c2cc(F)cc(F)c2)CCC2(CCCC2)CC1. The largest absolute Gasteiger partial charge is 0.385 e. The first-order valence-electron chi connectivity index (χ1n) is 7.20. The number of rotatable bonds is 1. The van der Waals surface area contributed by atoms with Gasteiger partial charge in [-0.25, -0.2) is 8.78 Å². The molecule has 0 aliphatic heterocycles.